The first-order valence-corrected chi connectivity index (χ1v) is 10.7. The van der Waals surface area contributed by atoms with Crippen molar-refractivity contribution >= 4 is 17.2 Å². The number of nitrogens with zero attached hydrogens (tertiary/aromatic N) is 3. The number of allylic oxidation sites excluding steroid dienone is 4. The molecule has 0 aliphatic heterocycles. The molecule has 3 nitrogen and oxygen atoms in total. The molecule has 0 spiro atoms. The van der Waals surface area contributed by atoms with Crippen molar-refractivity contribution < 1.29 is 0 Å². The summed E-state index contributed by atoms with van der Waals surface area (Å²) in [7, 11) is 0. The molecule has 4 aromatic rings. The first-order chi connectivity index (χ1) is 15.3. The fourth-order valence-corrected chi connectivity index (χ4v) is 3.85. The van der Waals surface area contributed by atoms with E-state index in [1.807, 2.05) is 42.5 Å². The summed E-state index contributed by atoms with van der Waals surface area (Å²) in [6, 6.07) is 26.7. The maximum atomic E-state index is 6.25. The Hall–Kier alpha value is -3.56. The highest BCUT2D eigenvalue weighted by Crippen LogP contribution is 2.27. The van der Waals surface area contributed by atoms with Gasteiger partial charge in [-0.3, -0.25) is 0 Å². The van der Waals surface area contributed by atoms with E-state index in [0.29, 0.717) is 11.6 Å². The summed E-state index contributed by atoms with van der Waals surface area (Å²) in [6.07, 6.45) is 8.86. The highest BCUT2D eigenvalue weighted by Gasteiger charge is 2.10. The molecule has 150 valence electrons. The van der Waals surface area contributed by atoms with E-state index in [0.717, 1.165) is 29.5 Å². The van der Waals surface area contributed by atoms with Crippen LogP contribution in [0.25, 0.3) is 39.5 Å². The van der Waals surface area contributed by atoms with E-state index in [1.54, 1.807) is 0 Å². The fraction of sp³-hybridized carbons (Fsp3) is 0.0741. The number of rotatable bonds is 4. The van der Waals surface area contributed by atoms with Gasteiger partial charge < -0.3 is 0 Å². The van der Waals surface area contributed by atoms with E-state index in [4.69, 9.17) is 11.6 Å². The van der Waals surface area contributed by atoms with Crippen molar-refractivity contribution in [3.8, 4) is 33.9 Å². The summed E-state index contributed by atoms with van der Waals surface area (Å²) in [5, 5.41) is 0.189. The van der Waals surface area contributed by atoms with Crippen molar-refractivity contribution in [3.05, 3.63) is 108 Å². The van der Waals surface area contributed by atoms with Gasteiger partial charge in [-0.2, -0.15) is 9.97 Å². The zero-order valence-electron chi connectivity index (χ0n) is 16.9. The van der Waals surface area contributed by atoms with Crippen LogP contribution in [0.1, 0.15) is 18.4 Å². The Balaban J connectivity index is 1.44. The Labute approximate surface area is 186 Å². The van der Waals surface area contributed by atoms with E-state index in [-0.39, 0.29) is 5.28 Å². The van der Waals surface area contributed by atoms with Crippen LogP contribution in [0, 0.1) is 0 Å². The number of halogens is 1. The quantitative estimate of drug-likeness (QED) is 0.348. The van der Waals surface area contributed by atoms with Gasteiger partial charge in [0.25, 0.3) is 0 Å². The van der Waals surface area contributed by atoms with Gasteiger partial charge in [-0.15, -0.1) is 0 Å². The molecule has 0 radical (unpaired) electrons. The summed E-state index contributed by atoms with van der Waals surface area (Å²) in [4.78, 5) is 13.4. The van der Waals surface area contributed by atoms with Crippen LogP contribution in [0.2, 0.25) is 5.28 Å². The van der Waals surface area contributed by atoms with Crippen molar-refractivity contribution in [2.24, 2.45) is 0 Å². The molecule has 3 aromatic carbocycles. The lowest BCUT2D eigenvalue weighted by atomic mass is 9.98. The molecule has 1 aliphatic rings. The molecule has 31 heavy (non-hydrogen) atoms. The average molecular weight is 422 g/mol. The van der Waals surface area contributed by atoms with Crippen LogP contribution in [0.4, 0.5) is 0 Å². The Morgan fingerprint density at radius 3 is 1.68 bits per heavy atom. The highest BCUT2D eigenvalue weighted by molar-refractivity contribution is 6.28. The van der Waals surface area contributed by atoms with Gasteiger partial charge in [0.05, 0.1) is 0 Å². The summed E-state index contributed by atoms with van der Waals surface area (Å²) in [5.74, 6) is 1.14. The minimum Gasteiger partial charge on any atom is -0.208 e. The van der Waals surface area contributed by atoms with E-state index >= 15 is 0 Å². The molecule has 0 atom stereocenters. The fourth-order valence-electron chi connectivity index (χ4n) is 3.69. The number of aromatic nitrogens is 3. The maximum Gasteiger partial charge on any atom is 0.226 e. The second-order valence-corrected chi connectivity index (χ2v) is 7.75. The lowest BCUT2D eigenvalue weighted by Crippen LogP contribution is -1.97. The molecule has 0 saturated heterocycles. The third kappa shape index (κ3) is 4.32. The van der Waals surface area contributed by atoms with Crippen molar-refractivity contribution in [2.75, 3.05) is 0 Å². The van der Waals surface area contributed by atoms with Crippen molar-refractivity contribution in [3.63, 3.8) is 0 Å². The summed E-state index contributed by atoms with van der Waals surface area (Å²) < 4.78 is 0. The second kappa shape index (κ2) is 8.66. The van der Waals surface area contributed by atoms with Gasteiger partial charge >= 0.3 is 0 Å². The first-order valence-electron chi connectivity index (χ1n) is 10.3. The molecule has 5 rings (SSSR count). The molecule has 0 amide bonds. The second-order valence-electron chi connectivity index (χ2n) is 7.41. The number of hydrogen-bond donors (Lipinski definition) is 0. The average Bonchev–Trinajstić information content (AvgIpc) is 2.85. The van der Waals surface area contributed by atoms with E-state index in [1.165, 1.54) is 16.7 Å². The van der Waals surface area contributed by atoms with Gasteiger partial charge in [-0.25, -0.2) is 4.98 Å². The van der Waals surface area contributed by atoms with Crippen LogP contribution < -0.4 is 0 Å². The predicted molar refractivity (Wildman–Crippen MR) is 127 cm³/mol. The summed E-state index contributed by atoms with van der Waals surface area (Å²) in [5.41, 5.74) is 6.58. The number of benzene rings is 3. The topological polar surface area (TPSA) is 38.7 Å². The SMILES string of the molecule is Clc1nc(-c2ccc(C3=CCCC=C3)cc2)nc(-c2ccc(-c3ccccc3)cc2)n1. The van der Waals surface area contributed by atoms with Gasteiger partial charge in [0.2, 0.25) is 5.28 Å². The summed E-state index contributed by atoms with van der Waals surface area (Å²) in [6.45, 7) is 0. The first kappa shape index (κ1) is 19.4. The molecule has 0 N–H and O–H groups in total. The normalized spacial score (nSPS) is 13.1. The monoisotopic (exact) mass is 421 g/mol. The Kier molecular flexibility index (Phi) is 5.42. The van der Waals surface area contributed by atoms with Gasteiger partial charge in [0, 0.05) is 11.1 Å². The Morgan fingerprint density at radius 2 is 1.10 bits per heavy atom. The molecule has 0 saturated carbocycles. The molecule has 1 heterocycles. The van der Waals surface area contributed by atoms with Crippen LogP contribution >= 0.6 is 11.6 Å². The minimum absolute atomic E-state index is 0.189. The Bertz CT molecular complexity index is 1260. The van der Waals surface area contributed by atoms with Crippen LogP contribution in [-0.4, -0.2) is 15.0 Å². The summed E-state index contributed by atoms with van der Waals surface area (Å²) >= 11 is 6.25. The van der Waals surface area contributed by atoms with Gasteiger partial charge in [0.15, 0.2) is 11.6 Å². The van der Waals surface area contributed by atoms with Crippen molar-refractivity contribution in [1.29, 1.82) is 0 Å². The smallest absolute Gasteiger partial charge is 0.208 e. The number of hydrogen-bond acceptors (Lipinski definition) is 3. The van der Waals surface area contributed by atoms with Gasteiger partial charge in [0.1, 0.15) is 0 Å². The predicted octanol–water partition coefficient (Wildman–Crippen LogP) is 7.26. The van der Waals surface area contributed by atoms with Gasteiger partial charge in [-0.05, 0) is 46.7 Å². The Morgan fingerprint density at radius 1 is 0.548 bits per heavy atom. The zero-order chi connectivity index (χ0) is 21.0. The molecule has 0 bridgehead atoms. The molecule has 0 unspecified atom stereocenters. The molecule has 1 aliphatic carbocycles. The molecule has 1 aromatic heterocycles. The minimum atomic E-state index is 0.189. The third-order valence-corrected chi connectivity index (χ3v) is 5.50. The van der Waals surface area contributed by atoms with Gasteiger partial charge in [-0.1, -0.05) is 97.1 Å². The van der Waals surface area contributed by atoms with Crippen LogP contribution in [-0.2, 0) is 0 Å². The largest absolute Gasteiger partial charge is 0.226 e. The van der Waals surface area contributed by atoms with Crippen molar-refractivity contribution in [2.45, 2.75) is 12.8 Å². The van der Waals surface area contributed by atoms with Crippen molar-refractivity contribution in [1.82, 2.24) is 15.0 Å². The lowest BCUT2D eigenvalue weighted by molar-refractivity contribution is 1.04. The molecular formula is C27H20ClN3. The standard InChI is InChI=1S/C27H20ClN3/c28-27-30-25(23-15-11-21(12-16-23)19-7-3-1-4-8-19)29-26(31-27)24-17-13-22(14-18-24)20-9-5-2-6-10-20/h1,3-5,7-18H,2,6H2. The van der Waals surface area contributed by atoms with E-state index < -0.39 is 0 Å². The molecular weight excluding hydrogens is 402 g/mol. The highest BCUT2D eigenvalue weighted by atomic mass is 35.5. The van der Waals surface area contributed by atoms with Crippen LogP contribution in [0.5, 0.6) is 0 Å². The van der Waals surface area contributed by atoms with Crippen LogP contribution in [0.3, 0.4) is 0 Å². The third-order valence-electron chi connectivity index (χ3n) is 5.33. The van der Waals surface area contributed by atoms with Crippen LogP contribution in [0.15, 0.2) is 97.1 Å². The zero-order valence-corrected chi connectivity index (χ0v) is 17.6. The van der Waals surface area contributed by atoms with E-state index in [2.05, 4.69) is 69.6 Å². The molecule has 0 fully saturated rings. The molecule has 4 heteroatoms. The maximum absolute atomic E-state index is 6.25. The lowest BCUT2D eigenvalue weighted by Gasteiger charge is -2.09. The van der Waals surface area contributed by atoms with E-state index in [9.17, 15) is 0 Å².